The zero-order chi connectivity index (χ0) is 15.4. The van der Waals surface area contributed by atoms with Gasteiger partial charge in [-0.15, -0.1) is 0 Å². The molecule has 1 aromatic rings. The van der Waals surface area contributed by atoms with Crippen LogP contribution in [0, 0.1) is 0 Å². The number of amides is 1. The molecule has 6 nitrogen and oxygen atoms in total. The monoisotopic (exact) mass is 313 g/mol. The minimum Gasteiger partial charge on any atom is -0.492 e. The second-order valence-electron chi connectivity index (χ2n) is 4.60. The van der Waals surface area contributed by atoms with Crippen LogP contribution in [0.25, 0.3) is 0 Å². The maximum absolute atomic E-state index is 12.0. The first kappa shape index (κ1) is 15.6. The first-order chi connectivity index (χ1) is 10.0. The predicted molar refractivity (Wildman–Crippen MR) is 76.8 cm³/mol. The Morgan fingerprint density at radius 2 is 2.14 bits per heavy atom. The fraction of sp³-hybridized carbons (Fsp3) is 0.429. The second kappa shape index (κ2) is 6.78. The molecule has 7 heteroatoms. The van der Waals surface area contributed by atoms with Gasteiger partial charge in [-0.05, 0) is 38.0 Å². The van der Waals surface area contributed by atoms with Crippen LogP contribution in [0.2, 0.25) is 5.02 Å². The van der Waals surface area contributed by atoms with Crippen molar-refractivity contribution in [2.24, 2.45) is 0 Å². The Morgan fingerprint density at radius 1 is 1.43 bits per heavy atom. The van der Waals surface area contributed by atoms with Gasteiger partial charge in [0.05, 0.1) is 11.6 Å². The smallest absolute Gasteiger partial charge is 0.332 e. The van der Waals surface area contributed by atoms with E-state index >= 15 is 0 Å². The van der Waals surface area contributed by atoms with Gasteiger partial charge >= 0.3 is 5.97 Å². The second-order valence-corrected chi connectivity index (χ2v) is 5.00. The molecular formula is C14H16ClNO5. The minimum absolute atomic E-state index is 0.331. The molecule has 1 aliphatic heterocycles. The maximum Gasteiger partial charge on any atom is 0.332 e. The number of carbonyl (C=O) groups excluding carboxylic acids is 1. The van der Waals surface area contributed by atoms with Gasteiger partial charge in [0.2, 0.25) is 0 Å². The first-order valence-corrected chi connectivity index (χ1v) is 7.00. The molecule has 2 N–H and O–H groups in total. The third kappa shape index (κ3) is 3.86. The Bertz CT molecular complexity index is 548. The SMILES string of the molecule is CCOc1ccc(NC(=O)C2CCC(C(=O)O)O2)cc1Cl. The number of carboxylic acid groups (broad SMARTS) is 1. The molecule has 2 unspecified atom stereocenters. The average Bonchev–Trinajstić information content (AvgIpc) is 2.92. The number of ether oxygens (including phenoxy) is 2. The summed E-state index contributed by atoms with van der Waals surface area (Å²) in [5.74, 6) is -0.881. The van der Waals surface area contributed by atoms with E-state index < -0.39 is 18.2 Å². The molecule has 0 radical (unpaired) electrons. The van der Waals surface area contributed by atoms with Gasteiger partial charge in [-0.25, -0.2) is 4.79 Å². The highest BCUT2D eigenvalue weighted by Gasteiger charge is 2.34. The standard InChI is InChI=1S/C14H16ClNO5/c1-2-20-10-4-3-8(7-9(10)15)16-13(17)11-5-6-12(21-11)14(18)19/h3-4,7,11-12H,2,5-6H2,1H3,(H,16,17)(H,18,19). The van der Waals surface area contributed by atoms with E-state index in [0.29, 0.717) is 35.9 Å². The highest BCUT2D eigenvalue weighted by molar-refractivity contribution is 6.32. The van der Waals surface area contributed by atoms with Gasteiger partial charge in [0, 0.05) is 5.69 Å². The number of aliphatic carboxylic acids is 1. The van der Waals surface area contributed by atoms with Gasteiger partial charge in [-0.3, -0.25) is 4.79 Å². The molecule has 2 atom stereocenters. The van der Waals surface area contributed by atoms with Gasteiger partial charge in [0.15, 0.2) is 6.10 Å². The highest BCUT2D eigenvalue weighted by atomic mass is 35.5. The van der Waals surface area contributed by atoms with E-state index in [4.69, 9.17) is 26.2 Å². The molecule has 1 aliphatic rings. The topological polar surface area (TPSA) is 84.9 Å². The first-order valence-electron chi connectivity index (χ1n) is 6.62. The quantitative estimate of drug-likeness (QED) is 0.871. The van der Waals surface area contributed by atoms with Crippen LogP contribution in [0.1, 0.15) is 19.8 Å². The Balaban J connectivity index is 1.97. The number of hydrogen-bond donors (Lipinski definition) is 2. The number of carboxylic acids is 1. The van der Waals surface area contributed by atoms with Crippen molar-refractivity contribution in [1.29, 1.82) is 0 Å². The van der Waals surface area contributed by atoms with Crippen LogP contribution in [0.4, 0.5) is 5.69 Å². The largest absolute Gasteiger partial charge is 0.492 e. The van der Waals surface area contributed by atoms with Crippen molar-refractivity contribution in [2.75, 3.05) is 11.9 Å². The van der Waals surface area contributed by atoms with Crippen LogP contribution in [0.15, 0.2) is 18.2 Å². The van der Waals surface area contributed by atoms with Crippen LogP contribution in [-0.2, 0) is 14.3 Å². The number of hydrogen-bond acceptors (Lipinski definition) is 4. The van der Waals surface area contributed by atoms with Gasteiger partial charge in [-0.2, -0.15) is 0 Å². The van der Waals surface area contributed by atoms with Gasteiger partial charge in [0.1, 0.15) is 11.9 Å². The zero-order valence-corrected chi connectivity index (χ0v) is 12.2. The minimum atomic E-state index is -1.05. The summed E-state index contributed by atoms with van der Waals surface area (Å²) in [6.45, 7) is 2.35. The third-order valence-corrected chi connectivity index (χ3v) is 3.38. The molecule has 114 valence electrons. The Hall–Kier alpha value is -1.79. The van der Waals surface area contributed by atoms with E-state index in [1.165, 1.54) is 0 Å². The zero-order valence-electron chi connectivity index (χ0n) is 11.5. The van der Waals surface area contributed by atoms with Crippen LogP contribution in [0.3, 0.4) is 0 Å². The van der Waals surface area contributed by atoms with Crippen molar-refractivity contribution in [2.45, 2.75) is 32.0 Å². The number of rotatable bonds is 5. The Morgan fingerprint density at radius 3 is 2.71 bits per heavy atom. The van der Waals surface area contributed by atoms with Crippen molar-refractivity contribution >= 4 is 29.2 Å². The number of halogens is 1. The van der Waals surface area contributed by atoms with E-state index in [2.05, 4.69) is 5.32 Å². The molecule has 0 aromatic heterocycles. The Kier molecular flexibility index (Phi) is 5.03. The van der Waals surface area contributed by atoms with E-state index in [1.807, 2.05) is 6.92 Å². The summed E-state index contributed by atoms with van der Waals surface area (Å²) in [6, 6.07) is 4.91. The molecule has 1 amide bonds. The third-order valence-electron chi connectivity index (χ3n) is 3.09. The fourth-order valence-electron chi connectivity index (χ4n) is 2.09. The van der Waals surface area contributed by atoms with Crippen molar-refractivity contribution < 1.29 is 24.2 Å². The molecule has 0 spiro atoms. The lowest BCUT2D eigenvalue weighted by Gasteiger charge is -2.13. The lowest BCUT2D eigenvalue weighted by molar-refractivity contribution is -0.150. The lowest BCUT2D eigenvalue weighted by atomic mass is 10.2. The molecule has 0 saturated carbocycles. The van der Waals surface area contributed by atoms with Crippen LogP contribution < -0.4 is 10.1 Å². The van der Waals surface area contributed by atoms with Gasteiger partial charge in [0.25, 0.3) is 5.91 Å². The molecule has 1 heterocycles. The molecule has 1 saturated heterocycles. The summed E-state index contributed by atoms with van der Waals surface area (Å²) in [5.41, 5.74) is 0.510. The lowest BCUT2D eigenvalue weighted by Crippen LogP contribution is -2.29. The van der Waals surface area contributed by atoms with Crippen LogP contribution >= 0.6 is 11.6 Å². The number of benzene rings is 1. The summed E-state index contributed by atoms with van der Waals surface area (Å²) in [6.07, 6.45) is -0.952. The molecular weight excluding hydrogens is 298 g/mol. The van der Waals surface area contributed by atoms with E-state index in [0.717, 1.165) is 0 Å². The van der Waals surface area contributed by atoms with E-state index in [-0.39, 0.29) is 5.91 Å². The van der Waals surface area contributed by atoms with Crippen molar-refractivity contribution in [3.63, 3.8) is 0 Å². The highest BCUT2D eigenvalue weighted by Crippen LogP contribution is 2.28. The molecule has 1 aromatic carbocycles. The fourth-order valence-corrected chi connectivity index (χ4v) is 2.32. The number of anilines is 1. The van der Waals surface area contributed by atoms with Crippen molar-refractivity contribution in [3.05, 3.63) is 23.2 Å². The van der Waals surface area contributed by atoms with Crippen LogP contribution in [-0.4, -0.2) is 35.8 Å². The number of nitrogens with one attached hydrogen (secondary N) is 1. The molecule has 0 aliphatic carbocycles. The summed E-state index contributed by atoms with van der Waals surface area (Å²) in [5, 5.41) is 11.9. The molecule has 1 fully saturated rings. The van der Waals surface area contributed by atoms with Gasteiger partial charge in [-0.1, -0.05) is 11.6 Å². The van der Waals surface area contributed by atoms with Gasteiger partial charge < -0.3 is 19.9 Å². The molecule has 21 heavy (non-hydrogen) atoms. The summed E-state index contributed by atoms with van der Waals surface area (Å²) in [4.78, 5) is 22.8. The van der Waals surface area contributed by atoms with E-state index in [9.17, 15) is 9.59 Å². The van der Waals surface area contributed by atoms with Crippen LogP contribution in [0.5, 0.6) is 5.75 Å². The average molecular weight is 314 g/mol. The molecule has 2 rings (SSSR count). The predicted octanol–water partition coefficient (Wildman–Crippen LogP) is 2.31. The summed E-state index contributed by atoms with van der Waals surface area (Å²) in [7, 11) is 0. The number of carbonyl (C=O) groups is 2. The summed E-state index contributed by atoms with van der Waals surface area (Å²) < 4.78 is 10.5. The maximum atomic E-state index is 12.0. The normalized spacial score (nSPS) is 21.0. The molecule has 0 bridgehead atoms. The summed E-state index contributed by atoms with van der Waals surface area (Å²) >= 11 is 6.03. The van der Waals surface area contributed by atoms with Crippen molar-refractivity contribution in [3.8, 4) is 5.75 Å². The van der Waals surface area contributed by atoms with Crippen molar-refractivity contribution in [1.82, 2.24) is 0 Å². The Labute approximate surface area is 127 Å². The van der Waals surface area contributed by atoms with E-state index in [1.54, 1.807) is 18.2 Å².